The van der Waals surface area contributed by atoms with Gasteiger partial charge in [0.05, 0.1) is 0 Å². The molecule has 0 spiro atoms. The minimum atomic E-state index is -0.627. The first kappa shape index (κ1) is 30.3. The van der Waals surface area contributed by atoms with Crippen molar-refractivity contribution in [2.75, 3.05) is 50.9 Å². The second kappa shape index (κ2) is 13.4. The highest BCUT2D eigenvalue weighted by Gasteiger charge is 2.33. The topological polar surface area (TPSA) is 102 Å². The van der Waals surface area contributed by atoms with Crippen molar-refractivity contribution >= 4 is 40.8 Å². The van der Waals surface area contributed by atoms with Gasteiger partial charge < -0.3 is 25.2 Å². The van der Waals surface area contributed by atoms with E-state index in [-0.39, 0.29) is 28.8 Å². The molecule has 226 valence electrons. The summed E-state index contributed by atoms with van der Waals surface area (Å²) in [6.07, 6.45) is 3.35. The molecule has 1 aromatic heterocycles. The molecule has 6 rings (SSSR count). The molecule has 3 N–H and O–H groups in total. The molecule has 0 saturated carbocycles. The monoisotopic (exact) mass is 605 g/mol. The van der Waals surface area contributed by atoms with Crippen LogP contribution in [0.3, 0.4) is 0 Å². The van der Waals surface area contributed by atoms with Gasteiger partial charge >= 0.3 is 6.03 Å². The van der Waals surface area contributed by atoms with Gasteiger partial charge in [-0.2, -0.15) is 0 Å². The molecule has 0 radical (unpaired) electrons. The molecule has 2 aliphatic heterocycles. The van der Waals surface area contributed by atoms with Crippen molar-refractivity contribution in [2.45, 2.75) is 31.8 Å². The summed E-state index contributed by atoms with van der Waals surface area (Å²) in [7, 11) is 3.93. The Morgan fingerprint density at radius 2 is 1.77 bits per heavy atom. The number of nitrogens with zero attached hydrogens (tertiary/aromatic N) is 4. The van der Waals surface area contributed by atoms with Gasteiger partial charge in [-0.25, -0.2) is 14.2 Å². The van der Waals surface area contributed by atoms with Gasteiger partial charge in [-0.05, 0) is 67.5 Å². The molecule has 10 nitrogen and oxygen atoms in total. The lowest BCUT2D eigenvalue weighted by atomic mass is 9.99. The van der Waals surface area contributed by atoms with Crippen molar-refractivity contribution in [1.82, 2.24) is 25.0 Å². The highest BCUT2D eigenvalue weighted by molar-refractivity contribution is 7.80. The zero-order valence-corrected chi connectivity index (χ0v) is 25.3. The first-order chi connectivity index (χ1) is 20.6. The van der Waals surface area contributed by atoms with Crippen molar-refractivity contribution in [3.63, 3.8) is 0 Å². The number of carbonyl (C=O) groups is 2. The van der Waals surface area contributed by atoms with Crippen LogP contribution in [0.2, 0.25) is 0 Å². The molecule has 0 unspecified atom stereocenters. The van der Waals surface area contributed by atoms with Crippen LogP contribution in [-0.4, -0.2) is 89.1 Å². The maximum atomic E-state index is 14.6. The largest absolute Gasteiger partial charge is 0.454 e. The number of aromatic nitrogens is 1. The molecule has 3 amide bonds. The molecule has 1 aromatic carbocycles. The van der Waals surface area contributed by atoms with Crippen LogP contribution in [0, 0.1) is 5.82 Å². The molecule has 2 aromatic rings. The lowest BCUT2D eigenvalue weighted by molar-refractivity contribution is -0.117. The molecule has 0 bridgehead atoms. The molecule has 2 aliphatic carbocycles. The Balaban J connectivity index is 0.000000537. The molecule has 2 fully saturated rings. The summed E-state index contributed by atoms with van der Waals surface area (Å²) in [6.45, 7) is 5.53. The summed E-state index contributed by atoms with van der Waals surface area (Å²) >= 11 is 4.98. The fraction of sp³-hybridized carbons (Fsp3) is 0.355. The number of urea groups is 1. The van der Waals surface area contributed by atoms with Crippen LogP contribution >= 0.6 is 12.2 Å². The van der Waals surface area contributed by atoms with Crippen LogP contribution in [0.5, 0.6) is 11.5 Å². The highest BCUT2D eigenvalue weighted by atomic mass is 32.1. The number of carbonyl (C=O) groups excluding carboxylic acids is 2. The number of fused-ring (bicyclic) bond motifs is 1. The van der Waals surface area contributed by atoms with Gasteiger partial charge in [-0.3, -0.25) is 15.0 Å². The third-order valence-electron chi connectivity index (χ3n) is 7.71. The smallest absolute Gasteiger partial charge is 0.323 e. The average Bonchev–Trinajstić information content (AvgIpc) is 3.56. The Bertz CT molecular complexity index is 1470. The van der Waals surface area contributed by atoms with E-state index >= 15 is 0 Å². The van der Waals surface area contributed by atoms with E-state index in [0.29, 0.717) is 23.3 Å². The van der Waals surface area contributed by atoms with Crippen molar-refractivity contribution in [2.24, 2.45) is 0 Å². The molecular weight excluding hydrogens is 569 g/mol. The second-order valence-corrected chi connectivity index (χ2v) is 11.4. The third-order valence-corrected chi connectivity index (χ3v) is 7.92. The number of amides is 3. The molecular formula is C31H36FN7O3S. The Labute approximate surface area is 256 Å². The van der Waals surface area contributed by atoms with E-state index in [0.717, 1.165) is 39.0 Å². The molecule has 4 aliphatic rings. The zero-order valence-electron chi connectivity index (χ0n) is 24.5. The number of piperidine rings is 1. The summed E-state index contributed by atoms with van der Waals surface area (Å²) in [4.78, 5) is 34.7. The van der Waals surface area contributed by atoms with E-state index in [4.69, 9.17) is 17.0 Å². The summed E-state index contributed by atoms with van der Waals surface area (Å²) in [5.74, 6) is -0.338. The number of thiocarbonyl (C=S) groups is 1. The number of ether oxygens (including phenoxy) is 1. The first-order valence-corrected chi connectivity index (χ1v) is 14.6. The van der Waals surface area contributed by atoms with Crippen LogP contribution in [-0.2, 0) is 4.79 Å². The number of anilines is 2. The predicted octanol–water partition coefficient (Wildman–Crippen LogP) is 4.76. The Hall–Kier alpha value is -4.13. The molecule has 0 atom stereocenters. The fourth-order valence-corrected chi connectivity index (χ4v) is 5.49. The Morgan fingerprint density at radius 3 is 2.35 bits per heavy atom. The Kier molecular flexibility index (Phi) is 9.49. The van der Waals surface area contributed by atoms with Crippen LogP contribution < -0.4 is 20.7 Å². The molecule has 2 saturated heterocycles. The predicted molar refractivity (Wildman–Crippen MR) is 169 cm³/mol. The number of hydrogen-bond acceptors (Lipinski definition) is 7. The van der Waals surface area contributed by atoms with Crippen molar-refractivity contribution in [1.29, 1.82) is 0 Å². The number of likely N-dealkylation sites (tertiary alicyclic amines) is 2. The number of hydrogen-bond donors (Lipinski definition) is 3. The molecule has 3 heterocycles. The average molecular weight is 606 g/mol. The van der Waals surface area contributed by atoms with Gasteiger partial charge in [-0.15, -0.1) is 0 Å². The Morgan fingerprint density at radius 1 is 1.05 bits per heavy atom. The first-order valence-electron chi connectivity index (χ1n) is 14.2. The number of halogens is 1. The normalized spacial score (nSPS) is 16.2. The van der Waals surface area contributed by atoms with Crippen LogP contribution in [0.4, 0.5) is 20.7 Å². The number of benzene rings is 2. The standard InChI is InChI=1S/C25H32FN7O3S.C6H4/c1-16(34)28-24(37)29-17-4-5-22(21(26)12-17)36-20-6-9-27-23(13-20)30-25(35)32(3)18-7-10-33(11-8-18)19-14-31(2)15-19;1-2-5-4-6(5)3-1/h4-6,9,12-13,18-19H,7-8,10-11,14-15H2,1-3H3,(H,27,30,35)(H2,28,29,34,37);1-4H. The van der Waals surface area contributed by atoms with Crippen LogP contribution in [0.15, 0.2) is 60.8 Å². The van der Waals surface area contributed by atoms with Crippen molar-refractivity contribution in [3.8, 4) is 22.6 Å². The molecule has 12 heteroatoms. The van der Waals surface area contributed by atoms with E-state index in [2.05, 4.69) is 62.0 Å². The van der Waals surface area contributed by atoms with Crippen LogP contribution in [0.1, 0.15) is 19.8 Å². The van der Waals surface area contributed by atoms with Gasteiger partial charge in [0, 0.05) is 76.3 Å². The van der Waals surface area contributed by atoms with Gasteiger partial charge in [-0.1, -0.05) is 18.2 Å². The van der Waals surface area contributed by atoms with Gasteiger partial charge in [0.25, 0.3) is 0 Å². The van der Waals surface area contributed by atoms with E-state index in [9.17, 15) is 14.0 Å². The number of likely N-dealkylation sites (N-methyl/N-ethyl adjacent to an activating group) is 1. The SMILES string of the molecule is CC(=O)NC(=S)Nc1ccc(Oc2ccnc(NC(=O)N(C)C3CCN(C4CN(C)C4)CC3)c2)c(F)c1.c1cc2cc-2c1. The third kappa shape index (κ3) is 8.25. The minimum Gasteiger partial charge on any atom is -0.454 e. The number of nitrogens with one attached hydrogen (secondary N) is 3. The van der Waals surface area contributed by atoms with E-state index in [1.54, 1.807) is 30.1 Å². The van der Waals surface area contributed by atoms with Crippen LogP contribution in [0.25, 0.3) is 11.1 Å². The number of rotatable bonds is 6. The lowest BCUT2D eigenvalue weighted by Gasteiger charge is -2.47. The van der Waals surface area contributed by atoms with Crippen molar-refractivity contribution < 1.29 is 18.7 Å². The summed E-state index contributed by atoms with van der Waals surface area (Å²) in [5.41, 5.74) is 3.21. The van der Waals surface area contributed by atoms with Gasteiger partial charge in [0.15, 0.2) is 16.7 Å². The summed E-state index contributed by atoms with van der Waals surface area (Å²) in [5, 5.41) is 8.01. The van der Waals surface area contributed by atoms with E-state index in [1.807, 2.05) is 0 Å². The van der Waals surface area contributed by atoms with E-state index < -0.39 is 5.82 Å². The van der Waals surface area contributed by atoms with E-state index in [1.165, 1.54) is 36.4 Å². The maximum Gasteiger partial charge on any atom is 0.323 e. The van der Waals surface area contributed by atoms with Crippen molar-refractivity contribution in [3.05, 3.63) is 66.6 Å². The fourth-order valence-electron chi connectivity index (χ4n) is 5.23. The highest BCUT2D eigenvalue weighted by Crippen LogP contribution is 2.32. The summed E-state index contributed by atoms with van der Waals surface area (Å²) < 4.78 is 20.3. The molecule has 43 heavy (non-hydrogen) atoms. The van der Waals surface area contributed by atoms with Gasteiger partial charge in [0.1, 0.15) is 11.6 Å². The lowest BCUT2D eigenvalue weighted by Crippen LogP contribution is -2.60. The number of pyridine rings is 1. The summed E-state index contributed by atoms with van der Waals surface area (Å²) in [6, 6.07) is 16.4. The quantitative estimate of drug-likeness (QED) is 0.271. The zero-order chi connectivity index (χ0) is 30.5. The minimum absolute atomic E-state index is 0.0130. The maximum absolute atomic E-state index is 14.6. The van der Waals surface area contributed by atoms with Gasteiger partial charge in [0.2, 0.25) is 5.91 Å². The second-order valence-electron chi connectivity index (χ2n) is 11.0.